The number of nitrogens with zero attached hydrogens (tertiary/aromatic N) is 2. The summed E-state index contributed by atoms with van der Waals surface area (Å²) in [5.74, 6) is -3.19. The van der Waals surface area contributed by atoms with Crippen LogP contribution in [-0.2, 0) is 6.54 Å². The van der Waals surface area contributed by atoms with Gasteiger partial charge in [0.05, 0.1) is 12.1 Å². The molecule has 0 atom stereocenters. The number of benzene rings is 1. The number of aromatic nitrogens is 2. The van der Waals surface area contributed by atoms with E-state index >= 15 is 0 Å². The predicted octanol–water partition coefficient (Wildman–Crippen LogP) is 1.66. The van der Waals surface area contributed by atoms with Crippen LogP contribution in [0.3, 0.4) is 0 Å². The highest BCUT2D eigenvalue weighted by Gasteiger charge is 2.14. The third-order valence-electron chi connectivity index (χ3n) is 2.12. The number of aromatic carboxylic acids is 1. The summed E-state index contributed by atoms with van der Waals surface area (Å²) in [5.41, 5.74) is -0.903. The molecule has 6 nitrogen and oxygen atoms in total. The summed E-state index contributed by atoms with van der Waals surface area (Å²) in [6, 6.07) is 1.45. The first-order chi connectivity index (χ1) is 8.58. The van der Waals surface area contributed by atoms with Gasteiger partial charge in [-0.1, -0.05) is 5.16 Å². The molecule has 18 heavy (non-hydrogen) atoms. The molecule has 0 radical (unpaired) electrons. The van der Waals surface area contributed by atoms with Gasteiger partial charge in [0.2, 0.25) is 6.39 Å². The van der Waals surface area contributed by atoms with Crippen LogP contribution in [0.2, 0.25) is 0 Å². The molecule has 0 aliphatic carbocycles. The van der Waals surface area contributed by atoms with Crippen molar-refractivity contribution >= 4 is 11.7 Å². The first-order valence-electron chi connectivity index (χ1n) is 4.79. The SMILES string of the molecule is O=C(O)c1cc(F)c(NCc2ncon2)c(F)c1. The molecule has 2 N–H and O–H groups in total. The van der Waals surface area contributed by atoms with Crippen molar-refractivity contribution in [3.63, 3.8) is 0 Å². The van der Waals surface area contributed by atoms with E-state index in [2.05, 4.69) is 20.0 Å². The van der Waals surface area contributed by atoms with E-state index in [0.717, 1.165) is 18.5 Å². The maximum atomic E-state index is 13.5. The second-order valence-corrected chi connectivity index (χ2v) is 3.32. The summed E-state index contributed by atoms with van der Waals surface area (Å²) in [6.07, 6.45) is 1.08. The van der Waals surface area contributed by atoms with Crippen LogP contribution in [0.5, 0.6) is 0 Å². The first-order valence-corrected chi connectivity index (χ1v) is 4.79. The maximum Gasteiger partial charge on any atom is 0.335 e. The summed E-state index contributed by atoms with van der Waals surface area (Å²) in [6.45, 7) is -0.0449. The fourth-order valence-corrected chi connectivity index (χ4v) is 1.30. The summed E-state index contributed by atoms with van der Waals surface area (Å²) < 4.78 is 31.4. The topological polar surface area (TPSA) is 88.2 Å². The molecule has 1 aromatic carbocycles. The van der Waals surface area contributed by atoms with Crippen LogP contribution in [0.4, 0.5) is 14.5 Å². The Morgan fingerprint density at radius 2 is 2.06 bits per heavy atom. The van der Waals surface area contributed by atoms with Crippen LogP contribution >= 0.6 is 0 Å². The lowest BCUT2D eigenvalue weighted by molar-refractivity contribution is 0.0696. The van der Waals surface area contributed by atoms with E-state index in [1.54, 1.807) is 0 Å². The van der Waals surface area contributed by atoms with E-state index in [1.807, 2.05) is 0 Å². The second-order valence-electron chi connectivity index (χ2n) is 3.32. The molecular formula is C10H7F2N3O3. The number of nitrogens with one attached hydrogen (secondary N) is 1. The van der Waals surface area contributed by atoms with Crippen molar-refractivity contribution in [1.82, 2.24) is 10.1 Å². The average molecular weight is 255 g/mol. The minimum atomic E-state index is -1.41. The smallest absolute Gasteiger partial charge is 0.335 e. The van der Waals surface area contributed by atoms with E-state index in [9.17, 15) is 13.6 Å². The minimum absolute atomic E-state index is 0.0449. The Balaban J connectivity index is 2.20. The summed E-state index contributed by atoms with van der Waals surface area (Å²) in [7, 11) is 0. The van der Waals surface area contributed by atoms with Crippen LogP contribution in [0.25, 0.3) is 0 Å². The van der Waals surface area contributed by atoms with Crippen LogP contribution < -0.4 is 5.32 Å². The number of hydrogen-bond donors (Lipinski definition) is 2. The van der Waals surface area contributed by atoms with Gasteiger partial charge in [-0.2, -0.15) is 4.98 Å². The Morgan fingerprint density at radius 1 is 1.39 bits per heavy atom. The Bertz CT molecular complexity index is 549. The molecule has 94 valence electrons. The van der Waals surface area contributed by atoms with Crippen LogP contribution in [0, 0.1) is 11.6 Å². The predicted molar refractivity (Wildman–Crippen MR) is 54.9 cm³/mol. The quantitative estimate of drug-likeness (QED) is 0.863. The molecular weight excluding hydrogens is 248 g/mol. The lowest BCUT2D eigenvalue weighted by atomic mass is 10.2. The number of carbonyl (C=O) groups is 1. The van der Waals surface area contributed by atoms with Crippen LogP contribution in [0.1, 0.15) is 16.2 Å². The average Bonchev–Trinajstić information content (AvgIpc) is 2.80. The van der Waals surface area contributed by atoms with E-state index in [-0.39, 0.29) is 12.4 Å². The molecule has 0 fully saturated rings. The minimum Gasteiger partial charge on any atom is -0.478 e. The summed E-state index contributed by atoms with van der Waals surface area (Å²) >= 11 is 0. The highest BCUT2D eigenvalue weighted by atomic mass is 19.1. The zero-order chi connectivity index (χ0) is 13.1. The second kappa shape index (κ2) is 4.78. The van der Waals surface area contributed by atoms with Crippen molar-refractivity contribution in [3.05, 3.63) is 41.5 Å². The zero-order valence-corrected chi connectivity index (χ0v) is 8.85. The molecule has 1 aromatic heterocycles. The molecule has 0 spiro atoms. The fraction of sp³-hybridized carbons (Fsp3) is 0.100. The lowest BCUT2D eigenvalue weighted by Crippen LogP contribution is -2.07. The molecule has 8 heteroatoms. The van der Waals surface area contributed by atoms with Crippen LogP contribution in [0.15, 0.2) is 23.0 Å². The lowest BCUT2D eigenvalue weighted by Gasteiger charge is -2.07. The first kappa shape index (κ1) is 12.0. The largest absolute Gasteiger partial charge is 0.478 e. The van der Waals surface area contributed by atoms with Gasteiger partial charge in [-0.25, -0.2) is 13.6 Å². The van der Waals surface area contributed by atoms with Gasteiger partial charge in [0.15, 0.2) is 5.82 Å². The number of rotatable bonds is 4. The molecule has 0 aliphatic heterocycles. The number of halogens is 2. The number of carboxylic acid groups (broad SMARTS) is 1. The van der Waals surface area contributed by atoms with E-state index in [0.29, 0.717) is 0 Å². The van der Waals surface area contributed by atoms with Gasteiger partial charge in [0.25, 0.3) is 0 Å². The highest BCUT2D eigenvalue weighted by Crippen LogP contribution is 2.21. The van der Waals surface area contributed by atoms with Crippen molar-refractivity contribution in [2.24, 2.45) is 0 Å². The monoisotopic (exact) mass is 255 g/mol. The summed E-state index contributed by atoms with van der Waals surface area (Å²) in [4.78, 5) is 14.2. The zero-order valence-electron chi connectivity index (χ0n) is 8.85. The number of hydrogen-bond acceptors (Lipinski definition) is 5. The van der Waals surface area contributed by atoms with Crippen molar-refractivity contribution in [2.45, 2.75) is 6.54 Å². The maximum absolute atomic E-state index is 13.5. The Hall–Kier alpha value is -2.51. The van der Waals surface area contributed by atoms with E-state index in [4.69, 9.17) is 5.11 Å². The fourth-order valence-electron chi connectivity index (χ4n) is 1.30. The third-order valence-corrected chi connectivity index (χ3v) is 2.12. The number of carboxylic acids is 1. The van der Waals surface area contributed by atoms with E-state index in [1.165, 1.54) is 0 Å². The van der Waals surface area contributed by atoms with Gasteiger partial charge in [0.1, 0.15) is 17.3 Å². The Labute approximate surface area is 99.2 Å². The third kappa shape index (κ3) is 2.42. The molecule has 0 amide bonds. The Kier molecular flexibility index (Phi) is 3.18. The van der Waals surface area contributed by atoms with Crippen LogP contribution in [-0.4, -0.2) is 21.2 Å². The molecule has 0 saturated heterocycles. The molecule has 0 unspecified atom stereocenters. The number of anilines is 1. The molecule has 0 aliphatic rings. The normalized spacial score (nSPS) is 10.3. The molecule has 2 aromatic rings. The van der Waals surface area contributed by atoms with Gasteiger partial charge in [-0.05, 0) is 12.1 Å². The van der Waals surface area contributed by atoms with E-state index < -0.39 is 28.9 Å². The van der Waals surface area contributed by atoms with Gasteiger partial charge in [-0.15, -0.1) is 0 Å². The van der Waals surface area contributed by atoms with Gasteiger partial charge >= 0.3 is 5.97 Å². The Morgan fingerprint density at radius 3 is 2.56 bits per heavy atom. The van der Waals surface area contributed by atoms with Gasteiger partial charge in [0, 0.05) is 0 Å². The molecule has 0 saturated carbocycles. The van der Waals surface area contributed by atoms with Crippen molar-refractivity contribution in [3.8, 4) is 0 Å². The molecule has 0 bridgehead atoms. The standard InChI is InChI=1S/C10H7F2N3O3/c11-6-1-5(10(16)17)2-7(12)9(6)13-3-8-14-4-18-15-8/h1-2,4,13H,3H2,(H,16,17). The summed E-state index contributed by atoms with van der Waals surface area (Å²) in [5, 5.41) is 14.5. The molecule has 1 heterocycles. The molecule has 2 rings (SSSR count). The van der Waals surface area contributed by atoms with Crippen molar-refractivity contribution < 1.29 is 23.2 Å². The highest BCUT2D eigenvalue weighted by molar-refractivity contribution is 5.88. The van der Waals surface area contributed by atoms with Crippen molar-refractivity contribution in [1.29, 1.82) is 0 Å². The van der Waals surface area contributed by atoms with Crippen molar-refractivity contribution in [2.75, 3.05) is 5.32 Å². The van der Waals surface area contributed by atoms with Gasteiger partial charge < -0.3 is 14.9 Å². The van der Waals surface area contributed by atoms with Gasteiger partial charge in [-0.3, -0.25) is 0 Å².